The summed E-state index contributed by atoms with van der Waals surface area (Å²) in [5.74, 6) is 0. The summed E-state index contributed by atoms with van der Waals surface area (Å²) in [5.41, 5.74) is -0.373. The van der Waals surface area contributed by atoms with E-state index in [0.29, 0.717) is 4.88 Å². The molecule has 1 rings (SSSR count). The topological polar surface area (TPSA) is 66.4 Å². The van der Waals surface area contributed by atoms with E-state index in [4.69, 9.17) is 5.11 Å². The summed E-state index contributed by atoms with van der Waals surface area (Å²) >= 11 is 1.11. The Bertz CT molecular complexity index is 467. The monoisotopic (exact) mass is 291 g/mol. The van der Waals surface area contributed by atoms with Crippen LogP contribution >= 0.6 is 11.3 Å². The molecule has 1 aromatic heterocycles. The summed E-state index contributed by atoms with van der Waals surface area (Å²) < 4.78 is 27.6. The van der Waals surface area contributed by atoms with Crippen molar-refractivity contribution < 1.29 is 13.5 Å². The van der Waals surface area contributed by atoms with Gasteiger partial charge in [-0.05, 0) is 31.4 Å². The van der Waals surface area contributed by atoms with Gasteiger partial charge in [0.05, 0.1) is 6.61 Å². The molecule has 0 fully saturated rings. The Hall–Kier alpha value is -0.430. The fourth-order valence-electron chi connectivity index (χ4n) is 1.89. The summed E-state index contributed by atoms with van der Waals surface area (Å²) in [6, 6.07) is 3.19. The number of thiophene rings is 1. The number of nitrogens with one attached hydrogen (secondary N) is 1. The van der Waals surface area contributed by atoms with E-state index in [9.17, 15) is 8.42 Å². The molecule has 0 aromatic carbocycles. The van der Waals surface area contributed by atoms with Gasteiger partial charge in [0.15, 0.2) is 0 Å². The van der Waals surface area contributed by atoms with Crippen LogP contribution in [0.5, 0.6) is 0 Å². The van der Waals surface area contributed by atoms with E-state index >= 15 is 0 Å². The van der Waals surface area contributed by atoms with Crippen LogP contribution in [0.4, 0.5) is 0 Å². The third-order valence-electron chi connectivity index (χ3n) is 3.44. The molecule has 0 bridgehead atoms. The molecule has 2 N–H and O–H groups in total. The highest BCUT2D eigenvalue weighted by Gasteiger charge is 2.31. The Labute approximate surface area is 113 Å². The van der Waals surface area contributed by atoms with Crippen LogP contribution in [0.25, 0.3) is 0 Å². The van der Waals surface area contributed by atoms with Crippen LogP contribution in [0.15, 0.2) is 16.3 Å². The molecule has 0 radical (unpaired) electrons. The Kier molecular flexibility index (Phi) is 5.33. The highest BCUT2D eigenvalue weighted by atomic mass is 32.2. The van der Waals surface area contributed by atoms with E-state index in [1.54, 1.807) is 12.1 Å². The number of aliphatic hydroxyl groups is 1. The van der Waals surface area contributed by atoms with Crippen LogP contribution in [-0.4, -0.2) is 19.1 Å². The molecule has 18 heavy (non-hydrogen) atoms. The van der Waals surface area contributed by atoms with Crippen molar-refractivity contribution in [3.8, 4) is 0 Å². The van der Waals surface area contributed by atoms with E-state index in [0.717, 1.165) is 30.6 Å². The van der Waals surface area contributed by atoms with Gasteiger partial charge < -0.3 is 5.11 Å². The average Bonchev–Trinajstić information content (AvgIpc) is 2.85. The zero-order chi connectivity index (χ0) is 13.8. The minimum absolute atomic E-state index is 0.124. The predicted octanol–water partition coefficient (Wildman–Crippen LogP) is 2.49. The predicted molar refractivity (Wildman–Crippen MR) is 74.2 cm³/mol. The first-order valence-electron chi connectivity index (χ1n) is 6.16. The SMILES string of the molecule is CCC(CC)(CC)NS(=O)(=O)c1ccc(CO)s1. The molecule has 6 heteroatoms. The molecule has 0 atom stereocenters. The van der Waals surface area contributed by atoms with Gasteiger partial charge in [-0.2, -0.15) is 0 Å². The standard InChI is InChI=1S/C12H21NO3S2/c1-4-12(5-2,6-3)13-18(15,16)11-8-7-10(9-14)17-11/h7-8,13-14H,4-6,9H2,1-3H3. The maximum Gasteiger partial charge on any atom is 0.250 e. The number of aliphatic hydroxyl groups excluding tert-OH is 1. The summed E-state index contributed by atoms with van der Waals surface area (Å²) in [4.78, 5) is 0.658. The fraction of sp³-hybridized carbons (Fsp3) is 0.667. The van der Waals surface area contributed by atoms with Crippen molar-refractivity contribution in [1.82, 2.24) is 4.72 Å². The Morgan fingerprint density at radius 1 is 1.22 bits per heavy atom. The Morgan fingerprint density at radius 3 is 2.17 bits per heavy atom. The lowest BCUT2D eigenvalue weighted by Crippen LogP contribution is -2.46. The third-order valence-corrected chi connectivity index (χ3v) is 6.58. The molecule has 104 valence electrons. The first-order chi connectivity index (χ1) is 8.43. The molecule has 0 saturated heterocycles. The average molecular weight is 291 g/mol. The lowest BCUT2D eigenvalue weighted by molar-refractivity contribution is 0.285. The van der Waals surface area contributed by atoms with Crippen LogP contribution in [0.1, 0.15) is 44.9 Å². The molecule has 0 spiro atoms. The molecular weight excluding hydrogens is 270 g/mol. The van der Waals surface area contributed by atoms with Crippen molar-refractivity contribution in [2.75, 3.05) is 0 Å². The van der Waals surface area contributed by atoms with Crippen molar-refractivity contribution in [3.05, 3.63) is 17.0 Å². The summed E-state index contributed by atoms with van der Waals surface area (Å²) in [5, 5.41) is 8.98. The second-order valence-corrected chi connectivity index (χ2v) is 7.40. The normalized spacial score (nSPS) is 12.9. The lowest BCUT2D eigenvalue weighted by atomic mass is 9.91. The number of hydrogen-bond acceptors (Lipinski definition) is 4. The highest BCUT2D eigenvalue weighted by molar-refractivity contribution is 7.91. The highest BCUT2D eigenvalue weighted by Crippen LogP contribution is 2.26. The van der Waals surface area contributed by atoms with Crippen molar-refractivity contribution in [2.45, 2.75) is 56.4 Å². The van der Waals surface area contributed by atoms with Crippen LogP contribution < -0.4 is 4.72 Å². The molecule has 0 saturated carbocycles. The Balaban J connectivity index is 3.00. The molecule has 1 aromatic rings. The van der Waals surface area contributed by atoms with Crippen molar-refractivity contribution >= 4 is 21.4 Å². The largest absolute Gasteiger partial charge is 0.391 e. The van der Waals surface area contributed by atoms with Crippen LogP contribution in [-0.2, 0) is 16.6 Å². The van der Waals surface area contributed by atoms with Gasteiger partial charge in [0.1, 0.15) is 4.21 Å². The van der Waals surface area contributed by atoms with Gasteiger partial charge in [-0.1, -0.05) is 20.8 Å². The third kappa shape index (κ3) is 3.32. The maximum atomic E-state index is 12.3. The van der Waals surface area contributed by atoms with Crippen LogP contribution in [0, 0.1) is 0 Å². The maximum absolute atomic E-state index is 12.3. The van der Waals surface area contributed by atoms with Gasteiger partial charge >= 0.3 is 0 Å². The molecule has 0 aliphatic carbocycles. The van der Waals surface area contributed by atoms with E-state index < -0.39 is 10.0 Å². The van der Waals surface area contributed by atoms with Crippen molar-refractivity contribution in [2.24, 2.45) is 0 Å². The Morgan fingerprint density at radius 2 is 1.78 bits per heavy atom. The van der Waals surface area contributed by atoms with Gasteiger partial charge in [-0.3, -0.25) is 0 Å². The van der Waals surface area contributed by atoms with E-state index in [1.807, 2.05) is 20.8 Å². The van der Waals surface area contributed by atoms with Crippen LogP contribution in [0.2, 0.25) is 0 Å². The summed E-state index contributed by atoms with van der Waals surface area (Å²) in [6.45, 7) is 5.84. The van der Waals surface area contributed by atoms with Gasteiger partial charge in [0.25, 0.3) is 10.0 Å². The van der Waals surface area contributed by atoms with Gasteiger partial charge in [0.2, 0.25) is 0 Å². The summed E-state index contributed by atoms with van der Waals surface area (Å²) in [7, 11) is -3.49. The van der Waals surface area contributed by atoms with Gasteiger partial charge in [-0.25, -0.2) is 13.1 Å². The van der Waals surface area contributed by atoms with Gasteiger partial charge in [-0.15, -0.1) is 11.3 Å². The first kappa shape index (κ1) is 15.6. The second-order valence-electron chi connectivity index (χ2n) is 4.33. The number of sulfonamides is 1. The number of rotatable bonds is 7. The molecular formula is C12H21NO3S2. The van der Waals surface area contributed by atoms with Crippen molar-refractivity contribution in [1.29, 1.82) is 0 Å². The van der Waals surface area contributed by atoms with E-state index in [1.165, 1.54) is 0 Å². The second kappa shape index (κ2) is 6.14. The smallest absolute Gasteiger partial charge is 0.250 e. The molecule has 0 unspecified atom stereocenters. The lowest BCUT2D eigenvalue weighted by Gasteiger charge is -2.30. The zero-order valence-electron chi connectivity index (χ0n) is 11.1. The minimum Gasteiger partial charge on any atom is -0.391 e. The molecule has 0 amide bonds. The zero-order valence-corrected chi connectivity index (χ0v) is 12.7. The van der Waals surface area contributed by atoms with E-state index in [2.05, 4.69) is 4.72 Å². The van der Waals surface area contributed by atoms with E-state index in [-0.39, 0.29) is 16.4 Å². The molecule has 0 aliphatic heterocycles. The number of hydrogen-bond donors (Lipinski definition) is 2. The quantitative estimate of drug-likeness (QED) is 0.811. The van der Waals surface area contributed by atoms with Crippen LogP contribution in [0.3, 0.4) is 0 Å². The summed E-state index contributed by atoms with van der Waals surface area (Å²) in [6.07, 6.45) is 2.28. The fourth-order valence-corrected chi connectivity index (χ4v) is 4.72. The first-order valence-corrected chi connectivity index (χ1v) is 8.46. The molecule has 0 aliphatic rings. The molecule has 1 heterocycles. The van der Waals surface area contributed by atoms with Crippen molar-refractivity contribution in [3.63, 3.8) is 0 Å². The molecule has 4 nitrogen and oxygen atoms in total. The van der Waals surface area contributed by atoms with Gasteiger partial charge in [0, 0.05) is 10.4 Å². The minimum atomic E-state index is -3.49.